The molecule has 0 atom stereocenters. The smallest absolute Gasteiger partial charge is 0.253 e. The second-order valence-corrected chi connectivity index (χ2v) is 8.19. The van der Waals surface area contributed by atoms with Crippen LogP contribution in [0.15, 0.2) is 72.1 Å². The predicted molar refractivity (Wildman–Crippen MR) is 106 cm³/mol. The maximum absolute atomic E-state index is 12.8. The molecule has 0 aliphatic carbocycles. The number of hydrogen-bond acceptors (Lipinski definition) is 4. The molecule has 1 saturated heterocycles. The normalized spacial score (nSPS) is 15.3. The van der Waals surface area contributed by atoms with Crippen LogP contribution in [-0.4, -0.2) is 56.3 Å². The molecule has 1 amide bonds. The summed E-state index contributed by atoms with van der Waals surface area (Å²) >= 11 is 0. The lowest BCUT2D eigenvalue weighted by atomic mass is 10.2. The molecule has 2 aromatic carbocycles. The summed E-state index contributed by atoms with van der Waals surface area (Å²) in [6, 6.07) is 15.7. The third-order valence-corrected chi connectivity index (χ3v) is 6.40. The number of nitrogens with one attached hydrogen (secondary N) is 1. The molecular formula is C20H23N3O3S. The van der Waals surface area contributed by atoms with Gasteiger partial charge in [0.05, 0.1) is 4.90 Å². The fourth-order valence-electron chi connectivity index (χ4n) is 2.98. The molecule has 0 spiro atoms. The Morgan fingerprint density at radius 2 is 1.63 bits per heavy atom. The summed E-state index contributed by atoms with van der Waals surface area (Å²) in [5, 5.41) is 3.12. The Morgan fingerprint density at radius 1 is 1.00 bits per heavy atom. The minimum absolute atomic E-state index is 0.0645. The largest absolute Gasteiger partial charge is 0.382 e. The SMILES string of the molecule is C=CCNc1ccc(S(=O)(=O)N2CCN(C(=O)c3ccccc3)CC2)cc1. The lowest BCUT2D eigenvalue weighted by Crippen LogP contribution is -2.50. The molecule has 1 N–H and O–H groups in total. The Bertz CT molecular complexity index is 888. The van der Waals surface area contributed by atoms with Gasteiger partial charge in [-0.3, -0.25) is 4.79 Å². The highest BCUT2D eigenvalue weighted by Crippen LogP contribution is 2.20. The van der Waals surface area contributed by atoms with Crippen molar-refractivity contribution < 1.29 is 13.2 Å². The minimum atomic E-state index is -3.57. The molecule has 0 bridgehead atoms. The number of amides is 1. The van der Waals surface area contributed by atoms with Crippen molar-refractivity contribution in [1.29, 1.82) is 0 Å². The summed E-state index contributed by atoms with van der Waals surface area (Å²) in [7, 11) is -3.57. The van der Waals surface area contributed by atoms with Crippen LogP contribution in [0, 0.1) is 0 Å². The van der Waals surface area contributed by atoms with E-state index in [2.05, 4.69) is 11.9 Å². The van der Waals surface area contributed by atoms with Crippen LogP contribution in [0.3, 0.4) is 0 Å². The third-order valence-electron chi connectivity index (χ3n) is 4.49. The van der Waals surface area contributed by atoms with Gasteiger partial charge in [0.25, 0.3) is 5.91 Å². The second-order valence-electron chi connectivity index (χ2n) is 6.26. The van der Waals surface area contributed by atoms with Crippen molar-refractivity contribution in [2.45, 2.75) is 4.90 Å². The molecule has 0 aromatic heterocycles. The van der Waals surface area contributed by atoms with Crippen molar-refractivity contribution >= 4 is 21.6 Å². The van der Waals surface area contributed by atoms with Crippen LogP contribution in [0.2, 0.25) is 0 Å². The van der Waals surface area contributed by atoms with E-state index in [0.29, 0.717) is 25.2 Å². The van der Waals surface area contributed by atoms with Gasteiger partial charge in [0.15, 0.2) is 0 Å². The van der Waals surface area contributed by atoms with Crippen LogP contribution < -0.4 is 5.32 Å². The first kappa shape index (κ1) is 19.1. The Kier molecular flexibility index (Phi) is 5.93. The van der Waals surface area contributed by atoms with Crippen LogP contribution in [0.1, 0.15) is 10.4 Å². The molecule has 1 aliphatic heterocycles. The average Bonchev–Trinajstić information content (AvgIpc) is 2.72. The summed E-state index contributed by atoms with van der Waals surface area (Å²) in [5.74, 6) is -0.0645. The monoisotopic (exact) mass is 385 g/mol. The number of carbonyl (C=O) groups excluding carboxylic acids is 1. The van der Waals surface area contributed by atoms with Crippen LogP contribution in [0.4, 0.5) is 5.69 Å². The summed E-state index contributed by atoms with van der Waals surface area (Å²) < 4.78 is 27.1. The predicted octanol–water partition coefficient (Wildman–Crippen LogP) is 2.43. The summed E-state index contributed by atoms with van der Waals surface area (Å²) in [6.45, 7) is 5.59. The maximum Gasteiger partial charge on any atom is 0.253 e. The molecule has 3 rings (SSSR count). The van der Waals surface area contributed by atoms with E-state index in [1.807, 2.05) is 18.2 Å². The van der Waals surface area contributed by atoms with E-state index in [4.69, 9.17) is 0 Å². The van der Waals surface area contributed by atoms with E-state index in [1.54, 1.807) is 47.4 Å². The van der Waals surface area contributed by atoms with Gasteiger partial charge >= 0.3 is 0 Å². The molecule has 2 aromatic rings. The molecule has 7 heteroatoms. The zero-order valence-electron chi connectivity index (χ0n) is 15.0. The highest BCUT2D eigenvalue weighted by atomic mass is 32.2. The molecule has 1 aliphatic rings. The summed E-state index contributed by atoms with van der Waals surface area (Å²) in [6.07, 6.45) is 1.74. The van der Waals surface area contributed by atoms with Crippen molar-refractivity contribution in [3.63, 3.8) is 0 Å². The Balaban J connectivity index is 1.64. The maximum atomic E-state index is 12.8. The number of hydrogen-bond donors (Lipinski definition) is 1. The zero-order valence-corrected chi connectivity index (χ0v) is 15.9. The van der Waals surface area contributed by atoms with Gasteiger partial charge in [-0.15, -0.1) is 6.58 Å². The average molecular weight is 385 g/mol. The standard InChI is InChI=1S/C20H23N3O3S/c1-2-12-21-18-8-10-19(11-9-18)27(25,26)23-15-13-22(14-16-23)20(24)17-6-4-3-5-7-17/h2-11,21H,1,12-16H2. The van der Waals surface area contributed by atoms with Gasteiger partial charge in [-0.1, -0.05) is 24.3 Å². The molecule has 142 valence electrons. The van der Waals surface area contributed by atoms with Crippen molar-refractivity contribution in [2.24, 2.45) is 0 Å². The lowest BCUT2D eigenvalue weighted by Gasteiger charge is -2.34. The van der Waals surface area contributed by atoms with Gasteiger partial charge in [-0.05, 0) is 36.4 Å². The number of rotatable bonds is 6. The number of anilines is 1. The molecule has 6 nitrogen and oxygen atoms in total. The molecule has 0 saturated carbocycles. The second kappa shape index (κ2) is 8.37. The minimum Gasteiger partial charge on any atom is -0.382 e. The number of nitrogens with zero attached hydrogens (tertiary/aromatic N) is 2. The molecule has 1 fully saturated rings. The number of benzene rings is 2. The molecular weight excluding hydrogens is 362 g/mol. The first-order valence-electron chi connectivity index (χ1n) is 8.81. The molecule has 0 unspecified atom stereocenters. The van der Waals surface area contributed by atoms with Crippen LogP contribution in [0.25, 0.3) is 0 Å². The summed E-state index contributed by atoms with van der Waals surface area (Å²) in [4.78, 5) is 14.5. The van der Waals surface area contributed by atoms with Crippen LogP contribution >= 0.6 is 0 Å². The van der Waals surface area contributed by atoms with Crippen molar-refractivity contribution in [3.05, 3.63) is 72.8 Å². The third kappa shape index (κ3) is 4.37. The topological polar surface area (TPSA) is 69.7 Å². The van der Waals surface area contributed by atoms with Crippen LogP contribution in [-0.2, 0) is 10.0 Å². The van der Waals surface area contributed by atoms with Gasteiger partial charge in [0, 0.05) is 44.0 Å². The number of sulfonamides is 1. The first-order valence-corrected chi connectivity index (χ1v) is 10.3. The Morgan fingerprint density at radius 3 is 2.22 bits per heavy atom. The molecule has 0 radical (unpaired) electrons. The zero-order chi connectivity index (χ0) is 19.3. The highest BCUT2D eigenvalue weighted by Gasteiger charge is 2.30. The van der Waals surface area contributed by atoms with Crippen LogP contribution in [0.5, 0.6) is 0 Å². The van der Waals surface area contributed by atoms with Crippen molar-refractivity contribution in [2.75, 3.05) is 38.0 Å². The van der Waals surface area contributed by atoms with Gasteiger partial charge < -0.3 is 10.2 Å². The van der Waals surface area contributed by atoms with E-state index >= 15 is 0 Å². The van der Waals surface area contributed by atoms with E-state index in [1.165, 1.54) is 4.31 Å². The van der Waals surface area contributed by atoms with Gasteiger partial charge in [-0.25, -0.2) is 8.42 Å². The lowest BCUT2D eigenvalue weighted by molar-refractivity contribution is 0.0698. The van der Waals surface area contributed by atoms with Gasteiger partial charge in [-0.2, -0.15) is 4.31 Å². The van der Waals surface area contributed by atoms with E-state index < -0.39 is 10.0 Å². The molecule has 27 heavy (non-hydrogen) atoms. The van der Waals surface area contributed by atoms with E-state index in [9.17, 15) is 13.2 Å². The quantitative estimate of drug-likeness (QED) is 0.776. The fraction of sp³-hybridized carbons (Fsp3) is 0.250. The number of piperazine rings is 1. The first-order chi connectivity index (χ1) is 13.0. The van der Waals surface area contributed by atoms with Crippen molar-refractivity contribution in [3.8, 4) is 0 Å². The van der Waals surface area contributed by atoms with E-state index in [-0.39, 0.29) is 23.9 Å². The Labute approximate surface area is 160 Å². The van der Waals surface area contributed by atoms with Gasteiger partial charge in [0.2, 0.25) is 10.0 Å². The van der Waals surface area contributed by atoms with Gasteiger partial charge in [0.1, 0.15) is 0 Å². The Hall–Kier alpha value is -2.64. The summed E-state index contributed by atoms with van der Waals surface area (Å²) in [5.41, 5.74) is 1.46. The number of carbonyl (C=O) groups is 1. The molecule has 1 heterocycles. The van der Waals surface area contributed by atoms with E-state index in [0.717, 1.165) is 5.69 Å². The van der Waals surface area contributed by atoms with Crippen molar-refractivity contribution in [1.82, 2.24) is 9.21 Å². The fourth-order valence-corrected chi connectivity index (χ4v) is 4.40. The highest BCUT2D eigenvalue weighted by molar-refractivity contribution is 7.89.